The van der Waals surface area contributed by atoms with E-state index in [1.54, 1.807) is 18.2 Å². The van der Waals surface area contributed by atoms with Crippen LogP contribution in [-0.4, -0.2) is 23.0 Å². The highest BCUT2D eigenvalue weighted by molar-refractivity contribution is 6.06. The summed E-state index contributed by atoms with van der Waals surface area (Å²) in [6.45, 7) is 1.83. The van der Waals surface area contributed by atoms with Crippen molar-refractivity contribution >= 4 is 52.0 Å². The summed E-state index contributed by atoms with van der Waals surface area (Å²) in [4.78, 5) is 20.7. The van der Waals surface area contributed by atoms with Gasteiger partial charge in [0.1, 0.15) is 16.9 Å². The van der Waals surface area contributed by atoms with E-state index in [1.807, 2.05) is 37.3 Å². The fraction of sp³-hybridized carbons (Fsp3) is 0.105. The third-order valence-corrected chi connectivity index (χ3v) is 3.88. The molecule has 0 aliphatic heterocycles. The van der Waals surface area contributed by atoms with E-state index in [0.29, 0.717) is 28.5 Å². The van der Waals surface area contributed by atoms with Crippen LogP contribution in [0, 0.1) is 6.92 Å². The number of rotatable bonds is 3. The maximum absolute atomic E-state index is 11.7. The maximum Gasteiger partial charge on any atom is 0.337 e. The van der Waals surface area contributed by atoms with Crippen LogP contribution in [-0.2, 0) is 4.74 Å². The molecule has 0 unspecified atom stereocenters. The van der Waals surface area contributed by atoms with Crippen LogP contribution in [0.4, 0.5) is 11.5 Å². The minimum absolute atomic E-state index is 0. The number of anilines is 2. The average Bonchev–Trinajstić information content (AvgIpc) is 3.00. The number of nitrogens with one attached hydrogen (secondary N) is 1. The fourth-order valence-electron chi connectivity index (χ4n) is 2.77. The Bertz CT molecular complexity index is 1110. The molecule has 0 amide bonds. The zero-order valence-corrected chi connectivity index (χ0v) is 15.0. The Morgan fingerprint density at radius 3 is 2.73 bits per heavy atom. The molecule has 0 aliphatic carbocycles. The molecule has 26 heavy (non-hydrogen) atoms. The van der Waals surface area contributed by atoms with Gasteiger partial charge < -0.3 is 14.5 Å². The molecular formula is C19H16ClN3O3. The number of carbonyl (C=O) groups excluding carboxylic acids is 1. The van der Waals surface area contributed by atoms with E-state index in [4.69, 9.17) is 9.15 Å². The summed E-state index contributed by atoms with van der Waals surface area (Å²) in [5.74, 6) is 0.794. The Balaban J connectivity index is 0.00000196. The number of methoxy groups -OCH3 is 1. The lowest BCUT2D eigenvalue weighted by atomic mass is 10.2. The number of carbonyl (C=O) groups is 1. The monoisotopic (exact) mass is 369 g/mol. The standard InChI is InChI=1S/C19H15N3O3.ClH/c1-11-20-16-14-8-3-4-9-15(14)25-17(16)18(21-11)22-13-7-5-6-12(10-13)19(23)24-2;/h3-10H,1-2H3,(H,20,21,22);1H. The number of para-hydroxylation sites is 1. The van der Waals surface area contributed by atoms with Gasteiger partial charge in [-0.1, -0.05) is 18.2 Å². The fourth-order valence-corrected chi connectivity index (χ4v) is 2.77. The molecule has 2 heterocycles. The SMILES string of the molecule is COC(=O)c1cccc(Nc2nc(C)nc3c2oc2ccccc23)c1.Cl. The van der Waals surface area contributed by atoms with Crippen LogP contribution in [0.25, 0.3) is 22.1 Å². The first-order valence-corrected chi connectivity index (χ1v) is 7.77. The van der Waals surface area contributed by atoms with Crippen LogP contribution in [0.15, 0.2) is 52.9 Å². The number of hydrogen-bond acceptors (Lipinski definition) is 6. The highest BCUT2D eigenvalue weighted by Gasteiger charge is 2.15. The molecule has 0 saturated carbocycles. The van der Waals surface area contributed by atoms with Gasteiger partial charge in [0.25, 0.3) is 0 Å². The second-order valence-corrected chi connectivity index (χ2v) is 5.59. The molecule has 132 valence electrons. The van der Waals surface area contributed by atoms with Gasteiger partial charge in [-0.2, -0.15) is 0 Å². The van der Waals surface area contributed by atoms with Crippen LogP contribution in [0.5, 0.6) is 0 Å². The molecule has 0 fully saturated rings. The Kier molecular flexibility index (Phi) is 4.77. The van der Waals surface area contributed by atoms with Crippen molar-refractivity contribution < 1.29 is 13.9 Å². The first kappa shape index (κ1) is 17.7. The van der Waals surface area contributed by atoms with Crippen molar-refractivity contribution in [3.05, 3.63) is 59.9 Å². The molecule has 7 heteroatoms. The van der Waals surface area contributed by atoms with Gasteiger partial charge in [0.15, 0.2) is 11.4 Å². The largest absolute Gasteiger partial charge is 0.465 e. The number of aryl methyl sites for hydroxylation is 1. The predicted molar refractivity (Wildman–Crippen MR) is 102 cm³/mol. The van der Waals surface area contributed by atoms with E-state index in [1.165, 1.54) is 7.11 Å². The van der Waals surface area contributed by atoms with Crippen LogP contribution in [0.1, 0.15) is 16.2 Å². The smallest absolute Gasteiger partial charge is 0.337 e. The van der Waals surface area contributed by atoms with Crippen molar-refractivity contribution in [2.75, 3.05) is 12.4 Å². The second-order valence-electron chi connectivity index (χ2n) is 5.59. The summed E-state index contributed by atoms with van der Waals surface area (Å²) >= 11 is 0. The van der Waals surface area contributed by atoms with Crippen molar-refractivity contribution in [3.8, 4) is 0 Å². The molecular weight excluding hydrogens is 354 g/mol. The van der Waals surface area contributed by atoms with Gasteiger partial charge in [0.05, 0.1) is 12.7 Å². The molecule has 4 rings (SSSR count). The second kappa shape index (κ2) is 7.01. The molecule has 0 atom stereocenters. The zero-order chi connectivity index (χ0) is 17.4. The Hall–Kier alpha value is -3.12. The minimum atomic E-state index is -0.392. The van der Waals surface area contributed by atoms with Gasteiger partial charge in [0, 0.05) is 11.1 Å². The zero-order valence-electron chi connectivity index (χ0n) is 14.1. The Morgan fingerprint density at radius 1 is 1.12 bits per heavy atom. The number of ether oxygens (including phenoxy) is 1. The van der Waals surface area contributed by atoms with Crippen molar-refractivity contribution in [2.45, 2.75) is 6.92 Å². The van der Waals surface area contributed by atoms with E-state index in [9.17, 15) is 4.79 Å². The van der Waals surface area contributed by atoms with Crippen molar-refractivity contribution in [2.24, 2.45) is 0 Å². The molecule has 2 aromatic carbocycles. The lowest BCUT2D eigenvalue weighted by Gasteiger charge is -2.08. The van der Waals surface area contributed by atoms with E-state index < -0.39 is 5.97 Å². The molecule has 0 saturated heterocycles. The number of fused-ring (bicyclic) bond motifs is 3. The number of halogens is 1. The first-order chi connectivity index (χ1) is 12.2. The number of nitrogens with zero attached hydrogens (tertiary/aromatic N) is 2. The van der Waals surface area contributed by atoms with Gasteiger partial charge >= 0.3 is 5.97 Å². The molecule has 4 aromatic rings. The van der Waals surface area contributed by atoms with Crippen molar-refractivity contribution in [3.63, 3.8) is 0 Å². The lowest BCUT2D eigenvalue weighted by Crippen LogP contribution is -2.03. The van der Waals surface area contributed by atoms with Crippen LogP contribution in [0.2, 0.25) is 0 Å². The highest BCUT2D eigenvalue weighted by Crippen LogP contribution is 2.32. The van der Waals surface area contributed by atoms with Gasteiger partial charge in [-0.15, -0.1) is 12.4 Å². The summed E-state index contributed by atoms with van der Waals surface area (Å²) < 4.78 is 10.7. The highest BCUT2D eigenvalue weighted by atomic mass is 35.5. The van der Waals surface area contributed by atoms with Crippen LogP contribution >= 0.6 is 12.4 Å². The minimum Gasteiger partial charge on any atom is -0.465 e. The molecule has 6 nitrogen and oxygen atoms in total. The summed E-state index contributed by atoms with van der Waals surface area (Å²) in [5, 5.41) is 4.15. The Labute approximate surface area is 155 Å². The first-order valence-electron chi connectivity index (χ1n) is 7.77. The molecule has 0 bridgehead atoms. The summed E-state index contributed by atoms with van der Waals surface area (Å²) in [5.41, 5.74) is 3.26. The lowest BCUT2D eigenvalue weighted by molar-refractivity contribution is 0.0601. The number of furan rings is 1. The number of hydrogen-bond donors (Lipinski definition) is 1. The van der Waals surface area contributed by atoms with Gasteiger partial charge in [0.2, 0.25) is 0 Å². The number of benzene rings is 2. The van der Waals surface area contributed by atoms with Gasteiger partial charge in [-0.25, -0.2) is 14.8 Å². The average molecular weight is 370 g/mol. The molecule has 1 N–H and O–H groups in total. The summed E-state index contributed by atoms with van der Waals surface area (Å²) in [6.07, 6.45) is 0. The number of aromatic nitrogens is 2. The van der Waals surface area contributed by atoms with Crippen molar-refractivity contribution in [1.29, 1.82) is 0 Å². The molecule has 0 spiro atoms. The predicted octanol–water partition coefficient (Wildman–Crippen LogP) is 4.64. The molecule has 2 aromatic heterocycles. The van der Waals surface area contributed by atoms with E-state index in [-0.39, 0.29) is 12.4 Å². The van der Waals surface area contributed by atoms with Crippen molar-refractivity contribution in [1.82, 2.24) is 9.97 Å². The Morgan fingerprint density at radius 2 is 1.92 bits per heavy atom. The number of esters is 1. The van der Waals surface area contributed by atoms with Crippen LogP contribution < -0.4 is 5.32 Å². The quantitative estimate of drug-likeness (QED) is 0.530. The third-order valence-electron chi connectivity index (χ3n) is 3.88. The van der Waals surface area contributed by atoms with E-state index >= 15 is 0 Å². The summed E-state index contributed by atoms with van der Waals surface area (Å²) in [7, 11) is 1.36. The molecule has 0 radical (unpaired) electrons. The van der Waals surface area contributed by atoms with Gasteiger partial charge in [-0.3, -0.25) is 0 Å². The topological polar surface area (TPSA) is 77.2 Å². The molecule has 0 aliphatic rings. The third kappa shape index (κ3) is 3.07. The van der Waals surface area contributed by atoms with Crippen LogP contribution in [0.3, 0.4) is 0 Å². The van der Waals surface area contributed by atoms with E-state index in [0.717, 1.165) is 16.5 Å². The normalized spacial score (nSPS) is 10.5. The maximum atomic E-state index is 11.7. The van der Waals surface area contributed by atoms with Gasteiger partial charge in [-0.05, 0) is 37.3 Å². The summed E-state index contributed by atoms with van der Waals surface area (Å²) in [6, 6.07) is 14.7. The van der Waals surface area contributed by atoms with E-state index in [2.05, 4.69) is 15.3 Å².